The molecule has 0 atom stereocenters. The fraction of sp³-hybridized carbons (Fsp3) is 0.0370. The van der Waals surface area contributed by atoms with Gasteiger partial charge in [-0.25, -0.2) is 9.59 Å². The van der Waals surface area contributed by atoms with Crippen LogP contribution in [0.4, 0.5) is 11.4 Å². The quantitative estimate of drug-likeness (QED) is 0.208. The van der Waals surface area contributed by atoms with Crippen LogP contribution in [0, 0.1) is 0 Å². The molecule has 2 amide bonds. The van der Waals surface area contributed by atoms with Crippen LogP contribution in [0.25, 0.3) is 10.8 Å². The van der Waals surface area contributed by atoms with Gasteiger partial charge in [-0.05, 0) is 53.9 Å². The van der Waals surface area contributed by atoms with Gasteiger partial charge in [-0.2, -0.15) is 0 Å². The number of aromatic carboxylic acids is 2. The molecule has 0 unspecified atom stereocenters. The van der Waals surface area contributed by atoms with E-state index in [-0.39, 0.29) is 39.1 Å². The molecule has 0 aromatic heterocycles. The van der Waals surface area contributed by atoms with Gasteiger partial charge >= 0.3 is 11.9 Å². The van der Waals surface area contributed by atoms with E-state index in [4.69, 9.17) is 16.7 Å². The monoisotopic (exact) mass is 534 g/mol. The number of carbonyl (C=O) groups is 4. The van der Waals surface area contributed by atoms with Gasteiger partial charge in [0.2, 0.25) is 5.91 Å². The first kappa shape index (κ1) is 25.7. The van der Waals surface area contributed by atoms with Crippen molar-refractivity contribution in [2.75, 3.05) is 16.4 Å². The summed E-state index contributed by atoms with van der Waals surface area (Å²) in [6, 6.07) is 20.7. The fourth-order valence-electron chi connectivity index (χ4n) is 3.66. The molecule has 37 heavy (non-hydrogen) atoms. The van der Waals surface area contributed by atoms with Crippen molar-refractivity contribution >= 4 is 69.3 Å². The van der Waals surface area contributed by atoms with Crippen LogP contribution in [-0.2, 0) is 4.79 Å². The number of rotatable bonds is 8. The van der Waals surface area contributed by atoms with E-state index < -0.39 is 17.8 Å². The summed E-state index contributed by atoms with van der Waals surface area (Å²) in [6.45, 7) is 0. The van der Waals surface area contributed by atoms with E-state index in [0.717, 1.165) is 0 Å². The third kappa shape index (κ3) is 6.08. The molecule has 0 aliphatic carbocycles. The highest BCUT2D eigenvalue weighted by molar-refractivity contribution is 8.00. The molecular weight excluding hydrogens is 516 g/mol. The largest absolute Gasteiger partial charge is 0.478 e. The molecular formula is C27H19ClN2O6S. The Hall–Kier alpha value is -4.34. The molecule has 4 N–H and O–H groups in total. The van der Waals surface area contributed by atoms with Crippen molar-refractivity contribution in [2.45, 2.75) is 4.90 Å². The van der Waals surface area contributed by atoms with Crippen LogP contribution in [0.1, 0.15) is 31.1 Å². The Bertz CT molecular complexity index is 1550. The predicted molar refractivity (Wildman–Crippen MR) is 143 cm³/mol. The lowest BCUT2D eigenvalue weighted by atomic mass is 9.98. The van der Waals surface area contributed by atoms with Crippen LogP contribution in [-0.4, -0.2) is 39.7 Å². The van der Waals surface area contributed by atoms with Gasteiger partial charge < -0.3 is 20.8 Å². The Morgan fingerprint density at radius 3 is 2.19 bits per heavy atom. The number of hydrogen-bond donors (Lipinski definition) is 4. The first-order valence-electron chi connectivity index (χ1n) is 10.8. The minimum Gasteiger partial charge on any atom is -0.478 e. The molecule has 4 aromatic rings. The summed E-state index contributed by atoms with van der Waals surface area (Å²) in [5.74, 6) is -3.11. The van der Waals surface area contributed by atoms with Gasteiger partial charge in [-0.15, -0.1) is 11.8 Å². The van der Waals surface area contributed by atoms with Crippen molar-refractivity contribution < 1.29 is 29.4 Å². The number of carbonyl (C=O) groups excluding carboxylic acids is 2. The molecule has 0 aliphatic heterocycles. The van der Waals surface area contributed by atoms with Gasteiger partial charge in [0, 0.05) is 21.5 Å². The first-order valence-corrected chi connectivity index (χ1v) is 12.2. The average molecular weight is 535 g/mol. The van der Waals surface area contributed by atoms with Crippen molar-refractivity contribution in [2.24, 2.45) is 0 Å². The molecule has 186 valence electrons. The van der Waals surface area contributed by atoms with Crippen molar-refractivity contribution in [3.63, 3.8) is 0 Å². The number of hydrogen-bond acceptors (Lipinski definition) is 5. The minimum atomic E-state index is -1.14. The highest BCUT2D eigenvalue weighted by Crippen LogP contribution is 2.27. The van der Waals surface area contributed by atoms with Gasteiger partial charge in [0.15, 0.2) is 0 Å². The standard InChI is InChI=1S/C27H19ClN2O6S/c28-21-11-10-16(26(33)34)12-22(21)30-23(31)14-37-18-7-3-6-17(13-18)29-25(32)19-8-1-4-15-5-2-9-20(24(15)19)27(35)36/h1-13H,14H2,(H,29,32)(H,30,31)(H,33,34)(H,35,36). The number of thioether (sulfide) groups is 1. The second-order valence-corrected chi connectivity index (χ2v) is 9.29. The maximum atomic E-state index is 13.1. The van der Waals surface area contributed by atoms with Crippen LogP contribution in [0.3, 0.4) is 0 Å². The summed E-state index contributed by atoms with van der Waals surface area (Å²) in [7, 11) is 0. The zero-order chi connectivity index (χ0) is 26.5. The van der Waals surface area contributed by atoms with E-state index in [9.17, 15) is 24.3 Å². The maximum absolute atomic E-state index is 13.1. The smallest absolute Gasteiger partial charge is 0.336 e. The van der Waals surface area contributed by atoms with Crippen LogP contribution in [0.2, 0.25) is 5.02 Å². The molecule has 10 heteroatoms. The number of amides is 2. The van der Waals surface area contributed by atoms with E-state index in [1.54, 1.807) is 54.6 Å². The zero-order valence-electron chi connectivity index (χ0n) is 19.0. The van der Waals surface area contributed by atoms with Crippen molar-refractivity contribution in [3.8, 4) is 0 Å². The molecule has 0 spiro atoms. The third-order valence-electron chi connectivity index (χ3n) is 5.33. The van der Waals surface area contributed by atoms with Crippen LogP contribution >= 0.6 is 23.4 Å². The van der Waals surface area contributed by atoms with Crippen LogP contribution < -0.4 is 10.6 Å². The minimum absolute atomic E-state index is 0.00235. The van der Waals surface area contributed by atoms with E-state index >= 15 is 0 Å². The number of carboxylic acid groups (broad SMARTS) is 2. The van der Waals surface area contributed by atoms with Crippen molar-refractivity contribution in [3.05, 3.63) is 101 Å². The van der Waals surface area contributed by atoms with Crippen LogP contribution in [0.15, 0.2) is 83.8 Å². The van der Waals surface area contributed by atoms with Gasteiger partial charge in [0.05, 0.1) is 27.6 Å². The lowest BCUT2D eigenvalue weighted by Crippen LogP contribution is -2.15. The number of benzene rings is 4. The number of nitrogens with one attached hydrogen (secondary N) is 2. The molecule has 0 aliphatic rings. The van der Waals surface area contributed by atoms with E-state index in [1.165, 1.54) is 36.0 Å². The Kier molecular flexibility index (Phi) is 7.76. The summed E-state index contributed by atoms with van der Waals surface area (Å²) >= 11 is 7.27. The molecule has 8 nitrogen and oxygen atoms in total. The normalized spacial score (nSPS) is 10.6. The Morgan fingerprint density at radius 1 is 0.784 bits per heavy atom. The summed E-state index contributed by atoms with van der Waals surface area (Å²) in [4.78, 5) is 49.0. The van der Waals surface area contributed by atoms with Gasteiger partial charge in [-0.3, -0.25) is 9.59 Å². The van der Waals surface area contributed by atoms with E-state index in [1.807, 2.05) is 0 Å². The van der Waals surface area contributed by atoms with E-state index in [0.29, 0.717) is 21.4 Å². The number of carboxylic acids is 2. The Morgan fingerprint density at radius 2 is 1.49 bits per heavy atom. The number of halogens is 1. The van der Waals surface area contributed by atoms with Gasteiger partial charge in [0.25, 0.3) is 5.91 Å². The molecule has 0 saturated heterocycles. The summed E-state index contributed by atoms with van der Waals surface area (Å²) in [5.41, 5.74) is 0.930. The summed E-state index contributed by atoms with van der Waals surface area (Å²) in [5, 5.41) is 25.3. The topological polar surface area (TPSA) is 133 Å². The highest BCUT2D eigenvalue weighted by Gasteiger charge is 2.17. The second kappa shape index (κ2) is 11.2. The lowest BCUT2D eigenvalue weighted by Gasteiger charge is -2.11. The third-order valence-corrected chi connectivity index (χ3v) is 6.65. The molecule has 4 aromatic carbocycles. The second-order valence-electron chi connectivity index (χ2n) is 7.83. The van der Waals surface area contributed by atoms with Gasteiger partial charge in [0.1, 0.15) is 0 Å². The summed E-state index contributed by atoms with van der Waals surface area (Å²) in [6.07, 6.45) is 0. The first-order chi connectivity index (χ1) is 17.7. The van der Waals surface area contributed by atoms with Crippen molar-refractivity contribution in [1.82, 2.24) is 0 Å². The maximum Gasteiger partial charge on any atom is 0.336 e. The number of anilines is 2. The zero-order valence-corrected chi connectivity index (χ0v) is 20.6. The average Bonchev–Trinajstić information content (AvgIpc) is 2.88. The number of fused-ring (bicyclic) bond motifs is 1. The molecule has 0 fully saturated rings. The highest BCUT2D eigenvalue weighted by atomic mass is 35.5. The van der Waals surface area contributed by atoms with E-state index in [2.05, 4.69) is 10.6 Å². The van der Waals surface area contributed by atoms with Crippen LogP contribution in [0.5, 0.6) is 0 Å². The Balaban J connectivity index is 1.45. The molecule has 0 bridgehead atoms. The molecule has 4 rings (SSSR count). The molecule has 0 saturated carbocycles. The fourth-order valence-corrected chi connectivity index (χ4v) is 4.58. The summed E-state index contributed by atoms with van der Waals surface area (Å²) < 4.78 is 0. The lowest BCUT2D eigenvalue weighted by molar-refractivity contribution is -0.113. The Labute approximate surface area is 220 Å². The van der Waals surface area contributed by atoms with Gasteiger partial charge in [-0.1, -0.05) is 41.9 Å². The predicted octanol–water partition coefficient (Wildman–Crippen LogP) is 5.87. The molecule has 0 heterocycles. The van der Waals surface area contributed by atoms with Crippen molar-refractivity contribution in [1.29, 1.82) is 0 Å². The molecule has 0 radical (unpaired) electrons. The SMILES string of the molecule is O=C(CSc1cccc(NC(=O)c2cccc3cccc(C(=O)O)c23)c1)Nc1cc(C(=O)O)ccc1Cl.